The van der Waals surface area contributed by atoms with Crippen LogP contribution >= 0.6 is 0 Å². The highest BCUT2D eigenvalue weighted by Crippen LogP contribution is 2.11. The van der Waals surface area contributed by atoms with E-state index in [1.165, 1.54) is 0 Å². The highest BCUT2D eigenvalue weighted by molar-refractivity contribution is 6.61. The van der Waals surface area contributed by atoms with E-state index < -0.39 is 29.8 Å². The normalized spacial score (nSPS) is 11.7. The second-order valence-corrected chi connectivity index (χ2v) is 12.8. The molecule has 0 bridgehead atoms. The van der Waals surface area contributed by atoms with Gasteiger partial charge in [-0.1, -0.05) is 24.3 Å². The molecule has 0 aromatic heterocycles. The number of rotatable bonds is 20. The van der Waals surface area contributed by atoms with Crippen molar-refractivity contribution in [3.8, 4) is 0 Å². The third-order valence-corrected chi connectivity index (χ3v) is 10.4. The van der Waals surface area contributed by atoms with Gasteiger partial charge in [-0.05, 0) is 52.7 Å². The van der Waals surface area contributed by atoms with Crippen molar-refractivity contribution in [2.24, 2.45) is 0 Å². The maximum absolute atomic E-state index is 12.2. The summed E-state index contributed by atoms with van der Waals surface area (Å²) in [5.41, 5.74) is 1.55. The predicted octanol–water partition coefficient (Wildman–Crippen LogP) is 3.31. The van der Waals surface area contributed by atoms with Crippen LogP contribution in [0.25, 0.3) is 0 Å². The number of benzene rings is 1. The van der Waals surface area contributed by atoms with Crippen molar-refractivity contribution in [3.05, 3.63) is 35.4 Å². The van der Waals surface area contributed by atoms with E-state index in [9.17, 15) is 9.59 Å². The minimum absolute atomic E-state index is 0.0684. The van der Waals surface area contributed by atoms with Gasteiger partial charge in [0.25, 0.3) is 0 Å². The second kappa shape index (κ2) is 19.1. The fourth-order valence-corrected chi connectivity index (χ4v) is 7.84. The summed E-state index contributed by atoms with van der Waals surface area (Å²) in [4.78, 5) is 24.4. The van der Waals surface area contributed by atoms with Crippen LogP contribution < -0.4 is 10.6 Å². The Bertz CT molecular complexity index is 702. The van der Waals surface area contributed by atoms with E-state index in [2.05, 4.69) is 10.6 Å². The second-order valence-electron chi connectivity index (χ2n) is 7.64. The minimum Gasteiger partial charge on any atom is -0.445 e. The average molecular weight is 577 g/mol. The minimum atomic E-state index is -3.00. The summed E-state index contributed by atoms with van der Waals surface area (Å²) in [7, 11) is -6.00. The van der Waals surface area contributed by atoms with E-state index in [-0.39, 0.29) is 25.5 Å². The quantitative estimate of drug-likeness (QED) is 0.223. The number of carbonyl (C=O) groups is 2. The average Bonchev–Trinajstić information content (AvgIpc) is 2.90. The first-order chi connectivity index (χ1) is 18.3. The van der Waals surface area contributed by atoms with E-state index in [0.717, 1.165) is 11.1 Å². The molecule has 0 atom stereocenters. The lowest BCUT2D eigenvalue weighted by Gasteiger charge is -2.28. The molecule has 0 fully saturated rings. The van der Waals surface area contributed by atoms with Crippen LogP contribution in [0.2, 0.25) is 0 Å². The lowest BCUT2D eigenvalue weighted by Crippen LogP contribution is -2.55. The molecule has 0 aliphatic heterocycles. The van der Waals surface area contributed by atoms with E-state index in [4.69, 9.17) is 36.0 Å². The number of ether oxygens (including phenoxy) is 2. The molecule has 1 rings (SSSR count). The van der Waals surface area contributed by atoms with Crippen molar-refractivity contribution in [1.29, 1.82) is 0 Å². The standard InChI is InChI=1S/C24H44N2O10Si2/c1-7-31-37(32-8-2,33-9-3)19-25-23(27)29-17-21-13-15-22(16-14-21)18-30-24(28)26-20-38(34-10-4,35-11-5)36-12-6/h13-16H,7-12,17-20H2,1-6H3,(H,25,27)(H,26,28). The lowest BCUT2D eigenvalue weighted by molar-refractivity contribution is 0.0677. The van der Waals surface area contributed by atoms with Crippen molar-refractivity contribution >= 4 is 29.8 Å². The summed E-state index contributed by atoms with van der Waals surface area (Å²) in [6.45, 7) is 13.7. The third kappa shape index (κ3) is 12.7. The first-order valence-corrected chi connectivity index (χ1v) is 16.9. The van der Waals surface area contributed by atoms with Gasteiger partial charge in [-0.25, -0.2) is 9.59 Å². The Morgan fingerprint density at radius 3 is 1.05 bits per heavy atom. The van der Waals surface area contributed by atoms with Crippen LogP contribution in [-0.2, 0) is 49.2 Å². The maximum Gasteiger partial charge on any atom is 0.521 e. The molecular weight excluding hydrogens is 532 g/mol. The predicted molar refractivity (Wildman–Crippen MR) is 144 cm³/mol. The lowest BCUT2D eigenvalue weighted by atomic mass is 10.1. The molecular formula is C24H44N2O10Si2. The molecule has 0 aliphatic carbocycles. The molecule has 0 spiro atoms. The molecule has 0 unspecified atom stereocenters. The molecule has 0 saturated carbocycles. The molecule has 2 N–H and O–H groups in total. The maximum atomic E-state index is 12.2. The highest BCUT2D eigenvalue weighted by Gasteiger charge is 2.42. The zero-order chi connectivity index (χ0) is 28.3. The van der Waals surface area contributed by atoms with Crippen molar-refractivity contribution in [2.45, 2.75) is 54.8 Å². The smallest absolute Gasteiger partial charge is 0.445 e. The summed E-state index contributed by atoms with van der Waals surface area (Å²) in [5, 5.41) is 5.35. The van der Waals surface area contributed by atoms with Gasteiger partial charge >= 0.3 is 29.8 Å². The van der Waals surface area contributed by atoms with Gasteiger partial charge in [0.1, 0.15) is 13.2 Å². The van der Waals surface area contributed by atoms with Crippen LogP contribution in [0.1, 0.15) is 52.7 Å². The van der Waals surface area contributed by atoms with Crippen LogP contribution in [0.3, 0.4) is 0 Å². The largest absolute Gasteiger partial charge is 0.521 e. The van der Waals surface area contributed by atoms with E-state index in [1.807, 2.05) is 41.5 Å². The van der Waals surface area contributed by atoms with Crippen LogP contribution in [0.15, 0.2) is 24.3 Å². The molecule has 0 saturated heterocycles. The molecule has 0 aliphatic rings. The van der Waals surface area contributed by atoms with Crippen LogP contribution in [0.4, 0.5) is 9.59 Å². The van der Waals surface area contributed by atoms with Gasteiger partial charge in [0, 0.05) is 39.6 Å². The molecule has 12 nitrogen and oxygen atoms in total. The van der Waals surface area contributed by atoms with Crippen LogP contribution in [-0.4, -0.2) is 81.8 Å². The third-order valence-electron chi connectivity index (χ3n) is 4.85. The zero-order valence-electron chi connectivity index (χ0n) is 23.5. The fourth-order valence-electron chi connectivity index (χ4n) is 3.37. The van der Waals surface area contributed by atoms with Crippen LogP contribution in [0.5, 0.6) is 0 Å². The van der Waals surface area contributed by atoms with E-state index >= 15 is 0 Å². The molecule has 1 aromatic rings. The van der Waals surface area contributed by atoms with Gasteiger partial charge < -0.3 is 46.7 Å². The van der Waals surface area contributed by atoms with E-state index in [0.29, 0.717) is 39.6 Å². The van der Waals surface area contributed by atoms with Gasteiger partial charge in [-0.15, -0.1) is 0 Å². The first kappa shape index (κ1) is 34.0. The number of hydrogen-bond acceptors (Lipinski definition) is 10. The Labute approximate surface area is 228 Å². The summed E-state index contributed by atoms with van der Waals surface area (Å²) in [6, 6.07) is 7.17. The molecule has 38 heavy (non-hydrogen) atoms. The van der Waals surface area contributed by atoms with Crippen molar-refractivity contribution in [1.82, 2.24) is 10.6 Å². The fraction of sp³-hybridized carbons (Fsp3) is 0.667. The highest BCUT2D eigenvalue weighted by atomic mass is 28.4. The Balaban J connectivity index is 2.50. The molecule has 14 heteroatoms. The van der Waals surface area contributed by atoms with Gasteiger partial charge in [0.05, 0.1) is 12.3 Å². The molecule has 0 heterocycles. The Kier molecular flexibility index (Phi) is 17.1. The Morgan fingerprint density at radius 2 is 0.816 bits per heavy atom. The molecule has 1 aromatic carbocycles. The summed E-state index contributed by atoms with van der Waals surface area (Å²) < 4.78 is 44.8. The summed E-state index contributed by atoms with van der Waals surface area (Å²) in [6.07, 6.45) is -0.974. The Hall–Kier alpha value is -2.05. The topological polar surface area (TPSA) is 132 Å². The summed E-state index contributed by atoms with van der Waals surface area (Å²) in [5.74, 6) is 0. The number of nitrogens with one attached hydrogen (secondary N) is 2. The monoisotopic (exact) mass is 576 g/mol. The van der Waals surface area contributed by atoms with Crippen LogP contribution in [0, 0.1) is 0 Å². The number of alkyl carbamates (subject to hydrolysis) is 2. The van der Waals surface area contributed by atoms with Gasteiger partial charge in [-0.2, -0.15) is 0 Å². The number of carbonyl (C=O) groups excluding carboxylic acids is 2. The van der Waals surface area contributed by atoms with Crippen molar-refractivity contribution in [3.63, 3.8) is 0 Å². The number of hydrogen-bond donors (Lipinski definition) is 2. The molecule has 2 amide bonds. The van der Waals surface area contributed by atoms with Gasteiger partial charge in [0.15, 0.2) is 0 Å². The summed E-state index contributed by atoms with van der Waals surface area (Å²) >= 11 is 0. The zero-order valence-corrected chi connectivity index (χ0v) is 25.5. The van der Waals surface area contributed by atoms with Gasteiger partial charge in [0.2, 0.25) is 0 Å². The molecule has 0 radical (unpaired) electrons. The first-order valence-electron chi connectivity index (χ1n) is 13.0. The van der Waals surface area contributed by atoms with E-state index in [1.54, 1.807) is 24.3 Å². The van der Waals surface area contributed by atoms with Crippen molar-refractivity contribution in [2.75, 3.05) is 52.0 Å². The Morgan fingerprint density at radius 1 is 0.553 bits per heavy atom. The number of amides is 2. The SMILES string of the molecule is CCO[Si](CNC(=O)OCc1ccc(COC(=O)NC[Si](OCC)(OCC)OCC)cc1)(OCC)OCC. The molecule has 218 valence electrons. The van der Waals surface area contributed by atoms with Crippen molar-refractivity contribution < 1.29 is 45.6 Å². The van der Waals surface area contributed by atoms with Gasteiger partial charge in [-0.3, -0.25) is 0 Å².